The van der Waals surface area contributed by atoms with Gasteiger partial charge >= 0.3 is 0 Å². The van der Waals surface area contributed by atoms with Gasteiger partial charge in [0.15, 0.2) is 0 Å². The molecular formula is C15H25N3O2. The molecule has 2 fully saturated rings. The van der Waals surface area contributed by atoms with Crippen molar-refractivity contribution in [2.45, 2.75) is 69.9 Å². The molecule has 0 spiro atoms. The smallest absolute Gasteiger partial charge is 0.216 e. The highest BCUT2D eigenvalue weighted by atomic mass is 16.5. The predicted molar refractivity (Wildman–Crippen MR) is 75.6 cm³/mol. The van der Waals surface area contributed by atoms with E-state index in [9.17, 15) is 0 Å². The maximum atomic E-state index is 5.72. The standard InChI is InChI=1S/C15H25N3O2/c1-2-11-19-13(4-1)8-9-15-18-17-14(20-15)5-3-10-16-12-6-7-12/h12-13,16H,1-11H2. The Labute approximate surface area is 120 Å². The van der Waals surface area contributed by atoms with E-state index in [2.05, 4.69) is 15.5 Å². The lowest BCUT2D eigenvalue weighted by molar-refractivity contribution is 0.0105. The lowest BCUT2D eigenvalue weighted by Crippen LogP contribution is -2.19. The average molecular weight is 279 g/mol. The second-order valence-corrected chi connectivity index (χ2v) is 5.95. The van der Waals surface area contributed by atoms with E-state index in [1.807, 2.05) is 0 Å². The highest BCUT2D eigenvalue weighted by Crippen LogP contribution is 2.19. The molecule has 1 aromatic heterocycles. The third-order valence-corrected chi connectivity index (χ3v) is 4.04. The number of ether oxygens (including phenoxy) is 1. The Morgan fingerprint density at radius 3 is 2.65 bits per heavy atom. The number of hydrogen-bond donors (Lipinski definition) is 1. The van der Waals surface area contributed by atoms with E-state index in [0.717, 1.165) is 56.7 Å². The van der Waals surface area contributed by atoms with Crippen LogP contribution in [0.5, 0.6) is 0 Å². The zero-order valence-corrected chi connectivity index (χ0v) is 12.1. The Morgan fingerprint density at radius 1 is 1.05 bits per heavy atom. The van der Waals surface area contributed by atoms with Gasteiger partial charge < -0.3 is 14.5 Å². The molecule has 1 aliphatic carbocycles. The minimum absolute atomic E-state index is 0.391. The first-order valence-corrected chi connectivity index (χ1v) is 8.06. The maximum Gasteiger partial charge on any atom is 0.216 e. The molecule has 2 heterocycles. The highest BCUT2D eigenvalue weighted by Gasteiger charge is 2.19. The van der Waals surface area contributed by atoms with Gasteiger partial charge in [-0.15, -0.1) is 10.2 Å². The van der Waals surface area contributed by atoms with Gasteiger partial charge in [0.05, 0.1) is 6.10 Å². The molecule has 2 aliphatic rings. The molecule has 1 unspecified atom stereocenters. The first kappa shape index (κ1) is 14.0. The van der Waals surface area contributed by atoms with Crippen LogP contribution in [-0.4, -0.2) is 35.5 Å². The summed E-state index contributed by atoms with van der Waals surface area (Å²) in [5, 5.41) is 11.8. The minimum Gasteiger partial charge on any atom is -0.425 e. The second kappa shape index (κ2) is 7.18. The van der Waals surface area contributed by atoms with Gasteiger partial charge in [-0.25, -0.2) is 0 Å². The minimum atomic E-state index is 0.391. The van der Waals surface area contributed by atoms with Gasteiger partial charge in [0.25, 0.3) is 0 Å². The van der Waals surface area contributed by atoms with Crippen molar-refractivity contribution in [3.8, 4) is 0 Å². The normalized spacial score (nSPS) is 23.1. The van der Waals surface area contributed by atoms with Gasteiger partial charge in [-0.1, -0.05) is 0 Å². The Kier molecular flexibility index (Phi) is 5.03. The summed E-state index contributed by atoms with van der Waals surface area (Å²) in [5.41, 5.74) is 0. The third-order valence-electron chi connectivity index (χ3n) is 4.04. The molecule has 1 N–H and O–H groups in total. The molecule has 1 saturated heterocycles. The monoisotopic (exact) mass is 279 g/mol. The second-order valence-electron chi connectivity index (χ2n) is 5.95. The molecule has 112 valence electrons. The van der Waals surface area contributed by atoms with Gasteiger partial charge in [-0.05, 0) is 51.5 Å². The van der Waals surface area contributed by atoms with E-state index >= 15 is 0 Å². The number of aryl methyl sites for hydroxylation is 2. The number of hydrogen-bond acceptors (Lipinski definition) is 5. The number of aromatic nitrogens is 2. The quantitative estimate of drug-likeness (QED) is 0.740. The van der Waals surface area contributed by atoms with Crippen molar-refractivity contribution in [1.29, 1.82) is 0 Å². The Bertz CT molecular complexity index is 398. The zero-order valence-electron chi connectivity index (χ0n) is 12.1. The van der Waals surface area contributed by atoms with Crippen LogP contribution in [0.4, 0.5) is 0 Å². The van der Waals surface area contributed by atoms with E-state index in [4.69, 9.17) is 9.15 Å². The van der Waals surface area contributed by atoms with Crippen molar-refractivity contribution in [2.75, 3.05) is 13.2 Å². The molecule has 1 aliphatic heterocycles. The van der Waals surface area contributed by atoms with Crippen molar-refractivity contribution in [3.63, 3.8) is 0 Å². The third kappa shape index (κ3) is 4.56. The Morgan fingerprint density at radius 2 is 1.90 bits per heavy atom. The van der Waals surface area contributed by atoms with E-state index < -0.39 is 0 Å². The van der Waals surface area contributed by atoms with E-state index in [0.29, 0.717) is 6.10 Å². The van der Waals surface area contributed by atoms with Crippen LogP contribution in [0.1, 0.15) is 56.7 Å². The van der Waals surface area contributed by atoms with E-state index in [1.165, 1.54) is 32.1 Å². The summed E-state index contributed by atoms with van der Waals surface area (Å²) in [6, 6.07) is 0.781. The zero-order chi connectivity index (χ0) is 13.6. The van der Waals surface area contributed by atoms with Crippen LogP contribution in [0, 0.1) is 0 Å². The number of rotatable bonds is 8. The van der Waals surface area contributed by atoms with Crippen LogP contribution in [-0.2, 0) is 17.6 Å². The SMILES string of the molecule is C1CCC(CCc2nnc(CCCNC3CC3)o2)OC1. The maximum absolute atomic E-state index is 5.72. The molecule has 1 atom stereocenters. The molecule has 5 heteroatoms. The summed E-state index contributed by atoms with van der Waals surface area (Å²) in [7, 11) is 0. The largest absolute Gasteiger partial charge is 0.425 e. The van der Waals surface area contributed by atoms with Crippen molar-refractivity contribution in [2.24, 2.45) is 0 Å². The molecule has 1 saturated carbocycles. The fraction of sp³-hybridized carbons (Fsp3) is 0.867. The molecule has 0 radical (unpaired) electrons. The molecule has 3 rings (SSSR count). The summed E-state index contributed by atoms with van der Waals surface area (Å²) in [4.78, 5) is 0. The first-order chi connectivity index (χ1) is 9.90. The Hall–Kier alpha value is -0.940. The average Bonchev–Trinajstić information content (AvgIpc) is 3.21. The van der Waals surface area contributed by atoms with Gasteiger partial charge in [0, 0.05) is 25.5 Å². The molecule has 20 heavy (non-hydrogen) atoms. The summed E-state index contributed by atoms with van der Waals surface area (Å²) >= 11 is 0. The Balaban J connectivity index is 1.32. The fourth-order valence-electron chi connectivity index (χ4n) is 2.64. The summed E-state index contributed by atoms with van der Waals surface area (Å²) in [5.74, 6) is 1.55. The van der Waals surface area contributed by atoms with Crippen molar-refractivity contribution in [3.05, 3.63) is 11.8 Å². The summed E-state index contributed by atoms with van der Waals surface area (Å²) < 4.78 is 11.4. The molecule has 0 aromatic carbocycles. The molecule has 0 bridgehead atoms. The highest BCUT2D eigenvalue weighted by molar-refractivity contribution is 4.85. The van der Waals surface area contributed by atoms with Crippen LogP contribution in [0.3, 0.4) is 0 Å². The van der Waals surface area contributed by atoms with Crippen LogP contribution in [0.2, 0.25) is 0 Å². The fourth-order valence-corrected chi connectivity index (χ4v) is 2.64. The topological polar surface area (TPSA) is 60.2 Å². The molecule has 5 nitrogen and oxygen atoms in total. The molecular weight excluding hydrogens is 254 g/mol. The number of nitrogens with one attached hydrogen (secondary N) is 1. The van der Waals surface area contributed by atoms with Crippen molar-refractivity contribution < 1.29 is 9.15 Å². The van der Waals surface area contributed by atoms with Crippen LogP contribution in [0.25, 0.3) is 0 Å². The van der Waals surface area contributed by atoms with Gasteiger partial charge in [-0.3, -0.25) is 0 Å². The molecule has 1 aromatic rings. The van der Waals surface area contributed by atoms with Gasteiger partial charge in [0.1, 0.15) is 0 Å². The van der Waals surface area contributed by atoms with Crippen LogP contribution < -0.4 is 5.32 Å². The van der Waals surface area contributed by atoms with Crippen LogP contribution in [0.15, 0.2) is 4.42 Å². The van der Waals surface area contributed by atoms with Crippen molar-refractivity contribution in [1.82, 2.24) is 15.5 Å². The van der Waals surface area contributed by atoms with Crippen LogP contribution >= 0.6 is 0 Å². The lowest BCUT2D eigenvalue weighted by atomic mass is 10.0. The van der Waals surface area contributed by atoms with E-state index in [-0.39, 0.29) is 0 Å². The number of nitrogens with zero attached hydrogens (tertiary/aromatic N) is 2. The van der Waals surface area contributed by atoms with E-state index in [1.54, 1.807) is 0 Å². The lowest BCUT2D eigenvalue weighted by Gasteiger charge is -2.21. The first-order valence-electron chi connectivity index (χ1n) is 8.06. The predicted octanol–water partition coefficient (Wildman–Crippen LogP) is 2.26. The summed E-state index contributed by atoms with van der Waals surface area (Å²) in [6.45, 7) is 1.96. The van der Waals surface area contributed by atoms with Gasteiger partial charge in [-0.2, -0.15) is 0 Å². The molecule has 0 amide bonds. The summed E-state index contributed by atoms with van der Waals surface area (Å²) in [6.07, 6.45) is 10.5. The van der Waals surface area contributed by atoms with Gasteiger partial charge in [0.2, 0.25) is 11.8 Å². The van der Waals surface area contributed by atoms with Crippen molar-refractivity contribution >= 4 is 0 Å².